The van der Waals surface area contributed by atoms with Gasteiger partial charge >= 0.3 is 5.97 Å². The van der Waals surface area contributed by atoms with Gasteiger partial charge in [0.2, 0.25) is 12.7 Å². The first-order chi connectivity index (χ1) is 14.6. The topological polar surface area (TPSA) is 114 Å². The molecular formula is C21H16N4O5. The molecule has 0 atom stereocenters. The highest BCUT2D eigenvalue weighted by molar-refractivity contribution is 6.04. The van der Waals surface area contributed by atoms with Gasteiger partial charge in [-0.1, -0.05) is 0 Å². The summed E-state index contributed by atoms with van der Waals surface area (Å²) >= 11 is 0. The first-order valence-electron chi connectivity index (χ1n) is 9.25. The van der Waals surface area contributed by atoms with Gasteiger partial charge in [0, 0.05) is 41.5 Å². The maximum atomic E-state index is 11.9. The van der Waals surface area contributed by atoms with E-state index >= 15 is 0 Å². The second-order valence-electron chi connectivity index (χ2n) is 6.83. The summed E-state index contributed by atoms with van der Waals surface area (Å²) in [6.07, 6.45) is 4.11. The predicted octanol–water partition coefficient (Wildman–Crippen LogP) is 2.63. The molecule has 150 valence electrons. The highest BCUT2D eigenvalue weighted by Crippen LogP contribution is 2.44. The number of amides is 1. The van der Waals surface area contributed by atoms with E-state index in [4.69, 9.17) is 14.6 Å². The zero-order chi connectivity index (χ0) is 20.7. The van der Waals surface area contributed by atoms with Crippen molar-refractivity contribution >= 4 is 40.0 Å². The van der Waals surface area contributed by atoms with E-state index < -0.39 is 11.9 Å². The number of nitrogens with one attached hydrogen (secondary N) is 1. The average molecular weight is 404 g/mol. The quantitative estimate of drug-likeness (QED) is 0.638. The largest absolute Gasteiger partial charge is 0.478 e. The molecule has 9 nitrogen and oxygen atoms in total. The minimum Gasteiger partial charge on any atom is -0.478 e. The molecule has 0 bridgehead atoms. The molecule has 0 saturated carbocycles. The average Bonchev–Trinajstić information content (AvgIpc) is 3.36. The molecule has 0 aliphatic carbocycles. The lowest BCUT2D eigenvalue weighted by molar-refractivity contribution is -0.131. The molecule has 2 aromatic carbocycles. The van der Waals surface area contributed by atoms with Crippen LogP contribution in [0.3, 0.4) is 0 Å². The monoisotopic (exact) mass is 404 g/mol. The van der Waals surface area contributed by atoms with Crippen molar-refractivity contribution in [1.29, 1.82) is 0 Å². The standard InChI is InChI=1S/C21H16N4O5/c26-19(3-4-20(27)28)24-13-1-2-15-14(8-13)21(23-10-22-15)25-6-5-12-7-17-18(9-16(12)25)30-11-29-17/h1-4,7-10H,5-6,11H2,(H,24,26)(H,27,28)/b4-3+. The SMILES string of the molecule is O=C(O)/C=C/C(=O)Nc1ccc2ncnc(N3CCc4cc5c(cc43)OCO5)c2c1. The van der Waals surface area contributed by atoms with E-state index in [9.17, 15) is 9.59 Å². The van der Waals surface area contributed by atoms with Gasteiger partial charge in [-0.05, 0) is 36.2 Å². The molecule has 2 aliphatic rings. The lowest BCUT2D eigenvalue weighted by atomic mass is 10.1. The molecule has 0 radical (unpaired) electrons. The number of carbonyl (C=O) groups is 2. The van der Waals surface area contributed by atoms with E-state index in [2.05, 4.69) is 20.2 Å². The van der Waals surface area contributed by atoms with Gasteiger partial charge < -0.3 is 24.8 Å². The van der Waals surface area contributed by atoms with Crippen LogP contribution in [0.1, 0.15) is 5.56 Å². The maximum Gasteiger partial charge on any atom is 0.328 e. The van der Waals surface area contributed by atoms with Crippen LogP contribution in [0.15, 0.2) is 48.8 Å². The Morgan fingerprint density at radius 1 is 1.10 bits per heavy atom. The van der Waals surface area contributed by atoms with Crippen LogP contribution in [-0.4, -0.2) is 40.3 Å². The number of hydrogen-bond acceptors (Lipinski definition) is 7. The fourth-order valence-corrected chi connectivity index (χ4v) is 3.66. The van der Waals surface area contributed by atoms with E-state index in [1.54, 1.807) is 18.2 Å². The number of rotatable bonds is 4. The van der Waals surface area contributed by atoms with Gasteiger partial charge in [-0.15, -0.1) is 0 Å². The van der Waals surface area contributed by atoms with Crippen LogP contribution in [-0.2, 0) is 16.0 Å². The molecule has 5 rings (SSSR count). The number of benzene rings is 2. The molecule has 3 aromatic rings. The number of aliphatic carboxylic acids is 1. The van der Waals surface area contributed by atoms with Crippen LogP contribution in [0, 0.1) is 0 Å². The van der Waals surface area contributed by atoms with Crippen molar-refractivity contribution in [3.8, 4) is 11.5 Å². The van der Waals surface area contributed by atoms with Crippen molar-refractivity contribution < 1.29 is 24.2 Å². The van der Waals surface area contributed by atoms with Gasteiger partial charge in [-0.3, -0.25) is 4.79 Å². The van der Waals surface area contributed by atoms with Crippen molar-refractivity contribution in [2.45, 2.75) is 6.42 Å². The fourth-order valence-electron chi connectivity index (χ4n) is 3.66. The number of aromatic nitrogens is 2. The van der Waals surface area contributed by atoms with Crippen molar-refractivity contribution in [2.24, 2.45) is 0 Å². The van der Waals surface area contributed by atoms with E-state index in [1.165, 1.54) is 6.33 Å². The van der Waals surface area contributed by atoms with Gasteiger partial charge in [0.1, 0.15) is 12.1 Å². The first kappa shape index (κ1) is 17.9. The van der Waals surface area contributed by atoms with Crippen LogP contribution in [0.5, 0.6) is 11.5 Å². The van der Waals surface area contributed by atoms with Crippen molar-refractivity contribution in [2.75, 3.05) is 23.6 Å². The van der Waals surface area contributed by atoms with Crippen LogP contribution in [0.4, 0.5) is 17.2 Å². The minimum atomic E-state index is -1.19. The molecule has 0 fully saturated rings. The highest BCUT2D eigenvalue weighted by Gasteiger charge is 2.27. The second kappa shape index (κ2) is 7.03. The Labute approximate surface area is 170 Å². The molecule has 1 amide bonds. The smallest absolute Gasteiger partial charge is 0.328 e. The van der Waals surface area contributed by atoms with Crippen molar-refractivity contribution in [1.82, 2.24) is 9.97 Å². The summed E-state index contributed by atoms with van der Waals surface area (Å²) in [5.41, 5.74) is 3.39. The Bertz CT molecular complexity index is 1220. The van der Waals surface area contributed by atoms with Crippen molar-refractivity contribution in [3.63, 3.8) is 0 Å². The van der Waals surface area contributed by atoms with Gasteiger partial charge in [-0.2, -0.15) is 0 Å². The number of anilines is 3. The lowest BCUT2D eigenvalue weighted by Crippen LogP contribution is -2.15. The Hall–Kier alpha value is -4.14. The second-order valence-corrected chi connectivity index (χ2v) is 6.83. The first-order valence-corrected chi connectivity index (χ1v) is 9.25. The summed E-state index contributed by atoms with van der Waals surface area (Å²) in [6.45, 7) is 0.955. The number of carboxylic acid groups (broad SMARTS) is 1. The Kier molecular flexibility index (Phi) is 4.20. The fraction of sp³-hybridized carbons (Fsp3) is 0.143. The lowest BCUT2D eigenvalue weighted by Gasteiger charge is -2.20. The summed E-state index contributed by atoms with van der Waals surface area (Å²) in [4.78, 5) is 33.4. The van der Waals surface area contributed by atoms with Crippen LogP contribution < -0.4 is 19.7 Å². The summed E-state index contributed by atoms with van der Waals surface area (Å²) in [5.74, 6) is 0.455. The molecule has 2 N–H and O–H groups in total. The zero-order valence-corrected chi connectivity index (χ0v) is 15.7. The van der Waals surface area contributed by atoms with Crippen molar-refractivity contribution in [3.05, 3.63) is 54.4 Å². The number of carboxylic acids is 1. The van der Waals surface area contributed by atoms with E-state index in [0.29, 0.717) is 11.4 Å². The molecule has 1 aromatic heterocycles. The molecule has 0 spiro atoms. The van der Waals surface area contributed by atoms with Gasteiger partial charge in [0.05, 0.1) is 5.52 Å². The Morgan fingerprint density at radius 3 is 2.77 bits per heavy atom. The molecule has 9 heteroatoms. The van der Waals surface area contributed by atoms with E-state index in [-0.39, 0.29) is 6.79 Å². The third-order valence-corrected chi connectivity index (χ3v) is 4.98. The maximum absolute atomic E-state index is 11.9. The van der Waals surface area contributed by atoms with Gasteiger partial charge in [0.25, 0.3) is 0 Å². The van der Waals surface area contributed by atoms with E-state index in [0.717, 1.165) is 58.8 Å². The number of carbonyl (C=O) groups excluding carboxylic acids is 1. The third kappa shape index (κ3) is 3.16. The van der Waals surface area contributed by atoms with Gasteiger partial charge in [0.15, 0.2) is 11.5 Å². The number of fused-ring (bicyclic) bond motifs is 3. The number of hydrogen-bond donors (Lipinski definition) is 2. The molecule has 0 saturated heterocycles. The molecule has 30 heavy (non-hydrogen) atoms. The Morgan fingerprint density at radius 2 is 1.93 bits per heavy atom. The molecule has 3 heterocycles. The highest BCUT2D eigenvalue weighted by atomic mass is 16.7. The van der Waals surface area contributed by atoms with Crippen LogP contribution in [0.2, 0.25) is 0 Å². The summed E-state index contributed by atoms with van der Waals surface area (Å²) in [7, 11) is 0. The molecular weight excluding hydrogens is 388 g/mol. The molecule has 2 aliphatic heterocycles. The van der Waals surface area contributed by atoms with Gasteiger partial charge in [-0.25, -0.2) is 14.8 Å². The predicted molar refractivity (Wildman–Crippen MR) is 108 cm³/mol. The summed E-state index contributed by atoms with van der Waals surface area (Å²) in [6, 6.07) is 9.24. The van der Waals surface area contributed by atoms with Crippen LogP contribution >= 0.6 is 0 Å². The zero-order valence-electron chi connectivity index (χ0n) is 15.7. The summed E-state index contributed by atoms with van der Waals surface area (Å²) < 4.78 is 11.0. The third-order valence-electron chi connectivity index (χ3n) is 4.98. The number of nitrogens with zero attached hydrogens (tertiary/aromatic N) is 3. The normalized spacial score (nSPS) is 14.3. The molecule has 0 unspecified atom stereocenters. The Balaban J connectivity index is 1.52. The van der Waals surface area contributed by atoms with Crippen LogP contribution in [0.25, 0.3) is 10.9 Å². The minimum absolute atomic E-state index is 0.216. The summed E-state index contributed by atoms with van der Waals surface area (Å²) in [5, 5.41) is 12.1. The number of ether oxygens (including phenoxy) is 2. The van der Waals surface area contributed by atoms with E-state index in [1.807, 2.05) is 12.1 Å².